The van der Waals surface area contributed by atoms with Gasteiger partial charge in [-0.25, -0.2) is 0 Å². The first-order valence-corrected chi connectivity index (χ1v) is 7.28. The monoisotopic (exact) mass is 259 g/mol. The van der Waals surface area contributed by atoms with Crippen LogP contribution >= 0.6 is 0 Å². The molecular formula is C16H21NO2. The van der Waals surface area contributed by atoms with Gasteiger partial charge in [-0.3, -0.25) is 4.79 Å². The van der Waals surface area contributed by atoms with Crippen LogP contribution in [0.5, 0.6) is 0 Å². The molecule has 1 heterocycles. The van der Waals surface area contributed by atoms with Crippen LogP contribution in [0.3, 0.4) is 0 Å². The van der Waals surface area contributed by atoms with E-state index in [1.54, 1.807) is 0 Å². The Bertz CT molecular complexity index is 445. The summed E-state index contributed by atoms with van der Waals surface area (Å²) in [6, 6.07) is 10.1. The number of nitrogens with zero attached hydrogens (tertiary/aromatic N) is 1. The van der Waals surface area contributed by atoms with E-state index in [0.717, 1.165) is 12.0 Å². The molecule has 1 saturated heterocycles. The Kier molecular flexibility index (Phi) is 3.56. The molecule has 0 bridgehead atoms. The molecule has 1 unspecified atom stereocenters. The van der Waals surface area contributed by atoms with Crippen LogP contribution in [0, 0.1) is 5.92 Å². The molecular weight excluding hydrogens is 238 g/mol. The molecule has 19 heavy (non-hydrogen) atoms. The van der Waals surface area contributed by atoms with Gasteiger partial charge in [-0.1, -0.05) is 43.2 Å². The lowest BCUT2D eigenvalue weighted by atomic mass is 9.84. The summed E-state index contributed by atoms with van der Waals surface area (Å²) in [4.78, 5) is 14.3. The van der Waals surface area contributed by atoms with Crippen LogP contribution in [0.25, 0.3) is 0 Å². The van der Waals surface area contributed by atoms with Crippen LogP contribution in [0.1, 0.15) is 43.7 Å². The lowest BCUT2D eigenvalue weighted by Gasteiger charge is -2.36. The quantitative estimate of drug-likeness (QED) is 0.906. The van der Waals surface area contributed by atoms with Gasteiger partial charge in [0.15, 0.2) is 0 Å². The molecule has 2 fully saturated rings. The van der Waals surface area contributed by atoms with Crippen LogP contribution in [-0.4, -0.2) is 28.6 Å². The molecule has 1 aliphatic carbocycles. The second kappa shape index (κ2) is 5.33. The first-order chi connectivity index (χ1) is 9.31. The predicted molar refractivity (Wildman–Crippen MR) is 73.5 cm³/mol. The normalized spacial score (nSPS) is 28.3. The second-order valence-electron chi connectivity index (χ2n) is 5.73. The molecule has 3 rings (SSSR count). The van der Waals surface area contributed by atoms with Gasteiger partial charge < -0.3 is 10.0 Å². The molecule has 1 aromatic rings. The number of carbonyl (C=O) groups is 1. The zero-order valence-corrected chi connectivity index (χ0v) is 11.2. The molecule has 3 heteroatoms. The lowest BCUT2D eigenvalue weighted by Crippen LogP contribution is -2.41. The number of amides is 1. The van der Waals surface area contributed by atoms with Crippen molar-refractivity contribution in [1.82, 2.24) is 4.90 Å². The molecule has 0 aromatic heterocycles. The van der Waals surface area contributed by atoms with Gasteiger partial charge in [-0.15, -0.1) is 0 Å². The molecule has 1 N–H and O–H groups in total. The summed E-state index contributed by atoms with van der Waals surface area (Å²) < 4.78 is 0. The minimum Gasteiger partial charge on any atom is -0.394 e. The Morgan fingerprint density at radius 3 is 2.68 bits per heavy atom. The van der Waals surface area contributed by atoms with Crippen LogP contribution < -0.4 is 0 Å². The molecule has 3 nitrogen and oxygen atoms in total. The van der Waals surface area contributed by atoms with E-state index in [2.05, 4.69) is 0 Å². The van der Waals surface area contributed by atoms with E-state index in [9.17, 15) is 9.90 Å². The van der Waals surface area contributed by atoms with Gasteiger partial charge in [0, 0.05) is 12.5 Å². The number of benzene rings is 1. The first kappa shape index (κ1) is 12.7. The topological polar surface area (TPSA) is 40.5 Å². The van der Waals surface area contributed by atoms with Gasteiger partial charge >= 0.3 is 0 Å². The third kappa shape index (κ3) is 2.27. The number of rotatable bonds is 3. The molecule has 2 aliphatic rings. The summed E-state index contributed by atoms with van der Waals surface area (Å²) in [5.74, 6) is 0.735. The largest absolute Gasteiger partial charge is 0.394 e. The second-order valence-corrected chi connectivity index (χ2v) is 5.73. The van der Waals surface area contributed by atoms with Crippen molar-refractivity contribution < 1.29 is 9.90 Å². The number of aliphatic hydroxyl groups is 1. The molecule has 1 saturated carbocycles. The third-order valence-electron chi connectivity index (χ3n) is 4.64. The van der Waals surface area contributed by atoms with Gasteiger partial charge in [0.2, 0.25) is 5.91 Å². The highest BCUT2D eigenvalue weighted by Gasteiger charge is 2.43. The molecule has 1 amide bonds. The van der Waals surface area contributed by atoms with Crippen LogP contribution in [0.4, 0.5) is 0 Å². The number of carbonyl (C=O) groups excluding carboxylic acids is 1. The van der Waals surface area contributed by atoms with E-state index in [-0.39, 0.29) is 18.6 Å². The minimum absolute atomic E-state index is 0.0129. The molecule has 0 spiro atoms. The van der Waals surface area contributed by atoms with Crippen molar-refractivity contribution >= 4 is 5.91 Å². The first-order valence-electron chi connectivity index (χ1n) is 7.28. The van der Waals surface area contributed by atoms with Gasteiger partial charge in [0.05, 0.1) is 12.6 Å². The summed E-state index contributed by atoms with van der Waals surface area (Å²) >= 11 is 0. The molecule has 3 atom stereocenters. The van der Waals surface area contributed by atoms with Crippen molar-refractivity contribution in [3.05, 3.63) is 35.9 Å². The maximum Gasteiger partial charge on any atom is 0.223 e. The fraction of sp³-hybridized carbons (Fsp3) is 0.562. The SMILES string of the molecule is O=C1CC2CCCC[C@@H]2N1[C@H](CO)c1ccccc1. The van der Waals surface area contributed by atoms with E-state index >= 15 is 0 Å². The Labute approximate surface area is 114 Å². The van der Waals surface area contributed by atoms with Crippen LogP contribution in [-0.2, 0) is 4.79 Å². The summed E-state index contributed by atoms with van der Waals surface area (Å²) in [5.41, 5.74) is 1.05. The van der Waals surface area contributed by atoms with Gasteiger partial charge in [-0.05, 0) is 24.3 Å². The fourth-order valence-electron chi connectivity index (χ4n) is 3.74. The number of hydrogen-bond donors (Lipinski definition) is 1. The number of aliphatic hydroxyl groups excluding tert-OH is 1. The van der Waals surface area contributed by atoms with Crippen molar-refractivity contribution in [2.75, 3.05) is 6.61 Å². The van der Waals surface area contributed by atoms with Crippen LogP contribution in [0.2, 0.25) is 0 Å². The van der Waals surface area contributed by atoms with E-state index < -0.39 is 0 Å². The third-order valence-corrected chi connectivity index (χ3v) is 4.64. The Hall–Kier alpha value is -1.35. The lowest BCUT2D eigenvalue weighted by molar-refractivity contribution is -0.132. The van der Waals surface area contributed by atoms with E-state index in [4.69, 9.17) is 0 Å². The summed E-state index contributed by atoms with van der Waals surface area (Å²) in [5, 5.41) is 9.75. The van der Waals surface area contributed by atoms with E-state index in [1.807, 2.05) is 35.2 Å². The Balaban J connectivity index is 1.88. The van der Waals surface area contributed by atoms with Crippen molar-refractivity contribution in [1.29, 1.82) is 0 Å². The average molecular weight is 259 g/mol. The molecule has 0 radical (unpaired) electrons. The zero-order chi connectivity index (χ0) is 13.2. The highest BCUT2D eigenvalue weighted by Crippen LogP contribution is 2.41. The van der Waals surface area contributed by atoms with Crippen molar-refractivity contribution in [2.24, 2.45) is 5.92 Å². The average Bonchev–Trinajstić information content (AvgIpc) is 2.78. The van der Waals surface area contributed by atoms with E-state index in [0.29, 0.717) is 18.4 Å². The zero-order valence-electron chi connectivity index (χ0n) is 11.2. The summed E-state index contributed by atoms with van der Waals surface area (Å²) in [7, 11) is 0. The van der Waals surface area contributed by atoms with Crippen molar-refractivity contribution in [3.63, 3.8) is 0 Å². The number of likely N-dealkylation sites (tertiary alicyclic amines) is 1. The van der Waals surface area contributed by atoms with E-state index in [1.165, 1.54) is 19.3 Å². The summed E-state index contributed by atoms with van der Waals surface area (Å²) in [6.07, 6.45) is 5.39. The highest BCUT2D eigenvalue weighted by molar-refractivity contribution is 5.80. The highest BCUT2D eigenvalue weighted by atomic mass is 16.3. The maximum atomic E-state index is 12.3. The Morgan fingerprint density at radius 1 is 1.21 bits per heavy atom. The van der Waals surface area contributed by atoms with Gasteiger partial charge in [0.25, 0.3) is 0 Å². The number of hydrogen-bond acceptors (Lipinski definition) is 2. The van der Waals surface area contributed by atoms with Crippen LogP contribution in [0.15, 0.2) is 30.3 Å². The maximum absolute atomic E-state index is 12.3. The summed E-state index contributed by atoms with van der Waals surface area (Å²) in [6.45, 7) is 0.0129. The minimum atomic E-state index is -0.165. The molecule has 1 aliphatic heterocycles. The van der Waals surface area contributed by atoms with Crippen molar-refractivity contribution in [3.8, 4) is 0 Å². The predicted octanol–water partition coefficient (Wildman–Crippen LogP) is 2.51. The fourth-order valence-corrected chi connectivity index (χ4v) is 3.74. The van der Waals surface area contributed by atoms with Crippen molar-refractivity contribution in [2.45, 2.75) is 44.2 Å². The van der Waals surface area contributed by atoms with Gasteiger partial charge in [-0.2, -0.15) is 0 Å². The smallest absolute Gasteiger partial charge is 0.223 e. The van der Waals surface area contributed by atoms with Gasteiger partial charge in [0.1, 0.15) is 0 Å². The Morgan fingerprint density at radius 2 is 1.95 bits per heavy atom. The standard InChI is InChI=1S/C16H21NO2/c18-11-15(12-6-2-1-3-7-12)17-14-9-5-4-8-13(14)10-16(17)19/h1-3,6-7,13-15,18H,4-5,8-11H2/t13?,14-,15+/m0/s1. The molecule has 1 aromatic carbocycles. The number of fused-ring (bicyclic) bond motifs is 1. The molecule has 102 valence electrons.